The van der Waals surface area contributed by atoms with Gasteiger partial charge in [0.1, 0.15) is 12.1 Å². The summed E-state index contributed by atoms with van der Waals surface area (Å²) in [4.78, 5) is 26.5. The predicted octanol–water partition coefficient (Wildman–Crippen LogP) is 2.67. The van der Waals surface area contributed by atoms with Gasteiger partial charge in [-0.2, -0.15) is 13.5 Å². The van der Waals surface area contributed by atoms with E-state index in [9.17, 15) is 13.2 Å². The van der Waals surface area contributed by atoms with Gasteiger partial charge in [-0.3, -0.25) is 18.6 Å². The van der Waals surface area contributed by atoms with Crippen molar-refractivity contribution < 1.29 is 17.4 Å². The molecule has 1 saturated carbocycles. The van der Waals surface area contributed by atoms with Crippen LogP contribution < -0.4 is 10.5 Å². The Hall–Kier alpha value is -3.26. The maximum Gasteiger partial charge on any atom is 0.333 e. The lowest BCUT2D eigenvalue weighted by molar-refractivity contribution is 0.104. The van der Waals surface area contributed by atoms with Crippen LogP contribution in [0.4, 0.5) is 5.82 Å². The number of rotatable bonds is 9. The quantitative estimate of drug-likeness (QED) is 0.313. The minimum Gasteiger partial charge on any atom is -0.367 e. The number of carbonyl (C=O) groups excluding carboxylic acids is 1. The topological polar surface area (TPSA) is 155 Å². The minimum absolute atomic E-state index is 0.0318. The number of fused-ring (bicyclic) bond motifs is 1. The Kier molecular flexibility index (Phi) is 6.79. The maximum absolute atomic E-state index is 13.4. The lowest BCUT2D eigenvalue weighted by Gasteiger charge is -2.15. The van der Waals surface area contributed by atoms with Crippen LogP contribution in [-0.2, 0) is 21.0 Å². The first-order chi connectivity index (χ1) is 17.3. The van der Waals surface area contributed by atoms with E-state index >= 15 is 0 Å². The molecule has 1 fully saturated rings. The summed E-state index contributed by atoms with van der Waals surface area (Å²) in [6, 6.07) is 3.85. The number of hydrogen-bond donors (Lipinski definition) is 2. The van der Waals surface area contributed by atoms with Crippen LogP contribution >= 0.6 is 11.3 Å². The van der Waals surface area contributed by atoms with Crippen LogP contribution in [0.3, 0.4) is 0 Å². The Balaban J connectivity index is 1.28. The van der Waals surface area contributed by atoms with Crippen molar-refractivity contribution in [2.24, 2.45) is 11.1 Å². The molecule has 0 bridgehead atoms. The number of hydrogen-bond acceptors (Lipinski definition) is 10. The summed E-state index contributed by atoms with van der Waals surface area (Å²) in [5.41, 5.74) is 3.24. The zero-order chi connectivity index (χ0) is 25.3. The summed E-state index contributed by atoms with van der Waals surface area (Å²) in [5.74, 6) is 0.353. The number of nitrogens with two attached hydrogens (primary N) is 1. The largest absolute Gasteiger partial charge is 0.367 e. The normalized spacial score (nSPS) is 18.1. The second-order valence-electron chi connectivity index (χ2n) is 8.87. The number of nitrogens with one attached hydrogen (secondary N) is 1. The van der Waals surface area contributed by atoms with E-state index in [0.717, 1.165) is 35.0 Å². The Morgan fingerprint density at radius 1 is 1.31 bits per heavy atom. The Bertz CT molecular complexity index is 1520. The number of pyridine rings is 1. The first kappa shape index (κ1) is 24.4. The molecule has 5 rings (SSSR count). The number of anilines is 1. The van der Waals surface area contributed by atoms with Crippen molar-refractivity contribution in [3.63, 3.8) is 0 Å². The van der Waals surface area contributed by atoms with Gasteiger partial charge in [-0.15, -0.1) is 11.3 Å². The molecule has 0 unspecified atom stereocenters. The van der Waals surface area contributed by atoms with E-state index in [1.54, 1.807) is 12.4 Å². The standard InChI is InChI=1S/C23H25N7O4S2/c1-14-18-4-5-25-9-20(18)30(29-14)10-16-7-21(35-12-16)22(31)19-8-26-13-27-23(19)28-17-3-2-15(6-17)11-34-36(24,32)33/h4-5,7-9,12-13,15,17H,2-3,6,10-11H2,1H3,(H2,24,32,33)(H,26,27,28)/t15-,17+/m1/s1. The van der Waals surface area contributed by atoms with Crippen molar-refractivity contribution in [3.05, 3.63) is 64.1 Å². The number of nitrogens with zero attached hydrogens (tertiary/aromatic N) is 5. The Morgan fingerprint density at radius 2 is 2.17 bits per heavy atom. The monoisotopic (exact) mass is 527 g/mol. The van der Waals surface area contributed by atoms with Gasteiger partial charge >= 0.3 is 10.3 Å². The van der Waals surface area contributed by atoms with Crippen LogP contribution in [0, 0.1) is 12.8 Å². The number of aryl methyl sites for hydroxylation is 1. The van der Waals surface area contributed by atoms with Gasteiger partial charge in [0.15, 0.2) is 0 Å². The summed E-state index contributed by atoms with van der Waals surface area (Å²) in [6.45, 7) is 2.54. The molecule has 0 amide bonds. The predicted molar refractivity (Wildman–Crippen MR) is 135 cm³/mol. The summed E-state index contributed by atoms with van der Waals surface area (Å²) >= 11 is 1.37. The first-order valence-corrected chi connectivity index (χ1v) is 13.7. The number of aromatic nitrogens is 5. The highest BCUT2D eigenvalue weighted by molar-refractivity contribution is 7.84. The van der Waals surface area contributed by atoms with E-state index in [-0.39, 0.29) is 24.3 Å². The fraction of sp³-hybridized carbons (Fsp3) is 0.348. The van der Waals surface area contributed by atoms with Crippen LogP contribution in [0.5, 0.6) is 0 Å². The van der Waals surface area contributed by atoms with Gasteiger partial charge in [0.2, 0.25) is 5.78 Å². The molecule has 1 aliphatic rings. The molecular formula is C23H25N7O4S2. The Morgan fingerprint density at radius 3 is 3.00 bits per heavy atom. The zero-order valence-electron chi connectivity index (χ0n) is 19.5. The summed E-state index contributed by atoms with van der Waals surface area (Å²) < 4.78 is 28.7. The smallest absolute Gasteiger partial charge is 0.333 e. The highest BCUT2D eigenvalue weighted by atomic mass is 32.2. The van der Waals surface area contributed by atoms with Crippen molar-refractivity contribution in [2.75, 3.05) is 11.9 Å². The minimum atomic E-state index is -3.96. The summed E-state index contributed by atoms with van der Waals surface area (Å²) in [6.07, 6.45) is 8.72. The molecule has 0 aromatic carbocycles. The molecule has 4 aromatic rings. The first-order valence-electron chi connectivity index (χ1n) is 11.4. The van der Waals surface area contributed by atoms with Crippen LogP contribution in [0.15, 0.2) is 42.4 Å². The number of thiophene rings is 1. The van der Waals surface area contributed by atoms with Crippen LogP contribution in [0.1, 0.15) is 45.8 Å². The third-order valence-electron chi connectivity index (χ3n) is 6.26. The maximum atomic E-state index is 13.4. The van der Waals surface area contributed by atoms with Crippen molar-refractivity contribution >= 4 is 44.1 Å². The molecule has 188 valence electrons. The molecule has 2 atom stereocenters. The third kappa shape index (κ3) is 5.43. The van der Waals surface area contributed by atoms with E-state index in [2.05, 4.69) is 25.4 Å². The van der Waals surface area contributed by atoms with Gasteiger partial charge in [0.25, 0.3) is 0 Å². The SMILES string of the molecule is Cc1nn(Cc2csc(C(=O)c3cncnc3N[C@H]3CC[C@@H](COS(N)(=O)=O)C3)c2)c2cnccc12. The third-order valence-corrected chi connectivity index (χ3v) is 7.70. The van der Waals surface area contributed by atoms with Gasteiger partial charge in [-0.05, 0) is 55.2 Å². The van der Waals surface area contributed by atoms with Crippen molar-refractivity contribution in [1.29, 1.82) is 0 Å². The van der Waals surface area contributed by atoms with E-state index in [0.29, 0.717) is 29.2 Å². The van der Waals surface area contributed by atoms with Gasteiger partial charge in [0, 0.05) is 23.8 Å². The molecule has 36 heavy (non-hydrogen) atoms. The van der Waals surface area contributed by atoms with E-state index in [1.165, 1.54) is 23.9 Å². The molecule has 0 radical (unpaired) electrons. The fourth-order valence-corrected chi connectivity index (χ4v) is 5.78. The molecule has 13 heteroatoms. The molecule has 0 spiro atoms. The molecule has 0 aliphatic heterocycles. The highest BCUT2D eigenvalue weighted by Gasteiger charge is 2.28. The molecule has 0 saturated heterocycles. The van der Waals surface area contributed by atoms with E-state index in [1.807, 2.05) is 29.1 Å². The lowest BCUT2D eigenvalue weighted by Crippen LogP contribution is -2.22. The highest BCUT2D eigenvalue weighted by Crippen LogP contribution is 2.30. The fourth-order valence-electron chi connectivity index (χ4n) is 4.54. The molecule has 4 aromatic heterocycles. The van der Waals surface area contributed by atoms with Gasteiger partial charge in [-0.25, -0.2) is 15.1 Å². The molecule has 11 nitrogen and oxygen atoms in total. The average molecular weight is 528 g/mol. The van der Waals surface area contributed by atoms with Crippen molar-refractivity contribution in [3.8, 4) is 0 Å². The van der Waals surface area contributed by atoms with Crippen LogP contribution in [0.25, 0.3) is 10.9 Å². The van der Waals surface area contributed by atoms with Crippen LogP contribution in [-0.4, -0.2) is 51.6 Å². The van der Waals surface area contributed by atoms with Crippen LogP contribution in [0.2, 0.25) is 0 Å². The van der Waals surface area contributed by atoms with Gasteiger partial charge in [0.05, 0.1) is 41.0 Å². The van der Waals surface area contributed by atoms with Gasteiger partial charge in [-0.1, -0.05) is 0 Å². The van der Waals surface area contributed by atoms with Crippen molar-refractivity contribution in [2.45, 2.75) is 38.8 Å². The zero-order valence-corrected chi connectivity index (χ0v) is 21.1. The van der Waals surface area contributed by atoms with Gasteiger partial charge < -0.3 is 5.32 Å². The lowest BCUT2D eigenvalue weighted by atomic mass is 10.1. The molecule has 4 heterocycles. The number of carbonyl (C=O) groups is 1. The molecule has 3 N–H and O–H groups in total. The second-order valence-corrected chi connectivity index (χ2v) is 11.0. The molecule has 1 aliphatic carbocycles. The average Bonchev–Trinajstić information content (AvgIpc) is 3.58. The summed E-state index contributed by atoms with van der Waals surface area (Å²) in [5, 5.41) is 15.9. The number of ketones is 1. The second kappa shape index (κ2) is 10.0. The molecular weight excluding hydrogens is 502 g/mol. The summed E-state index contributed by atoms with van der Waals surface area (Å²) in [7, 11) is -3.96. The van der Waals surface area contributed by atoms with E-state index in [4.69, 9.17) is 9.32 Å². The Labute approximate surface area is 212 Å². The van der Waals surface area contributed by atoms with E-state index < -0.39 is 10.3 Å². The van der Waals surface area contributed by atoms with Crippen molar-refractivity contribution in [1.82, 2.24) is 24.7 Å².